The van der Waals surface area contributed by atoms with E-state index in [0.29, 0.717) is 17.8 Å². The first-order chi connectivity index (χ1) is 15.6. The maximum Gasteiger partial charge on any atom is 0.393 e. The van der Waals surface area contributed by atoms with Crippen LogP contribution < -0.4 is 0 Å². The molecule has 5 rings (SSSR count). The average molecular weight is 476 g/mol. The number of pyridine rings is 1. The monoisotopic (exact) mass is 475 g/mol. The Hall–Kier alpha value is -2.88. The fourth-order valence-electron chi connectivity index (χ4n) is 4.70. The van der Waals surface area contributed by atoms with Gasteiger partial charge in [-0.25, -0.2) is 9.50 Å². The second-order valence-electron chi connectivity index (χ2n) is 8.99. The van der Waals surface area contributed by atoms with Crippen molar-refractivity contribution in [3.63, 3.8) is 0 Å². The van der Waals surface area contributed by atoms with E-state index in [0.717, 1.165) is 38.2 Å². The Balaban J connectivity index is 1.52. The van der Waals surface area contributed by atoms with Crippen LogP contribution in [0.2, 0.25) is 0 Å². The molecule has 1 aliphatic heterocycles. The summed E-state index contributed by atoms with van der Waals surface area (Å²) in [7, 11) is 0. The van der Waals surface area contributed by atoms with Crippen LogP contribution in [0.3, 0.4) is 0 Å². The zero-order valence-corrected chi connectivity index (χ0v) is 19.3. The van der Waals surface area contributed by atoms with Crippen molar-refractivity contribution in [3.8, 4) is 11.3 Å². The third-order valence-electron chi connectivity index (χ3n) is 6.31. The normalized spacial score (nSPS) is 17.5. The molecule has 1 aliphatic rings. The number of hydrogen-bond acceptors (Lipinski definition) is 4. The number of carbonyl (C=O) groups excluding carboxylic acids is 1. The lowest BCUT2D eigenvalue weighted by Gasteiger charge is -2.33. The largest absolute Gasteiger partial charge is 0.393 e. The maximum absolute atomic E-state index is 13.2. The highest BCUT2D eigenvalue weighted by atomic mass is 32.1. The Kier molecular flexibility index (Phi) is 5.23. The number of alkyl halides is 3. The Bertz CT molecular complexity index is 1350. The number of aryl methyl sites for hydroxylation is 1. The van der Waals surface area contributed by atoms with Crippen molar-refractivity contribution in [3.05, 3.63) is 40.7 Å². The Morgan fingerprint density at radius 2 is 2.09 bits per heavy atom. The summed E-state index contributed by atoms with van der Waals surface area (Å²) >= 11 is 1.35. The Labute approximate surface area is 192 Å². The van der Waals surface area contributed by atoms with E-state index in [4.69, 9.17) is 0 Å². The first kappa shape index (κ1) is 21.9. The summed E-state index contributed by atoms with van der Waals surface area (Å²) in [4.78, 5) is 22.6. The van der Waals surface area contributed by atoms with Gasteiger partial charge in [-0.15, -0.1) is 11.3 Å². The summed E-state index contributed by atoms with van der Waals surface area (Å²) in [6.45, 7) is 6.25. The van der Waals surface area contributed by atoms with Gasteiger partial charge in [-0.2, -0.15) is 18.3 Å². The van der Waals surface area contributed by atoms with Gasteiger partial charge < -0.3 is 9.88 Å². The molecule has 1 atom stereocenters. The topological polar surface area (TPSA) is 66.3 Å². The van der Waals surface area contributed by atoms with Crippen LogP contribution in [0.5, 0.6) is 0 Å². The maximum atomic E-state index is 13.2. The molecule has 4 aromatic heterocycles. The quantitative estimate of drug-likeness (QED) is 0.408. The van der Waals surface area contributed by atoms with Gasteiger partial charge in [-0.05, 0) is 48.9 Å². The second-order valence-corrected chi connectivity index (χ2v) is 10.0. The lowest BCUT2D eigenvalue weighted by atomic mass is 9.97. The predicted molar refractivity (Wildman–Crippen MR) is 122 cm³/mol. The van der Waals surface area contributed by atoms with Crippen molar-refractivity contribution in [1.29, 1.82) is 0 Å². The molecular weight excluding hydrogens is 451 g/mol. The van der Waals surface area contributed by atoms with E-state index in [1.54, 1.807) is 10.6 Å². The van der Waals surface area contributed by atoms with E-state index in [2.05, 4.69) is 35.0 Å². The van der Waals surface area contributed by atoms with Crippen LogP contribution in [0, 0.1) is 12.8 Å². The number of nitrogens with zero attached hydrogens (tertiary/aromatic N) is 4. The first-order valence-electron chi connectivity index (χ1n) is 10.9. The molecule has 1 saturated heterocycles. The van der Waals surface area contributed by atoms with Crippen LogP contribution in [0.1, 0.15) is 53.4 Å². The molecule has 1 fully saturated rings. The van der Waals surface area contributed by atoms with Crippen molar-refractivity contribution in [2.45, 2.75) is 45.7 Å². The van der Waals surface area contributed by atoms with Crippen molar-refractivity contribution in [2.75, 3.05) is 13.1 Å². The Morgan fingerprint density at radius 1 is 1.30 bits per heavy atom. The number of piperidine rings is 1. The van der Waals surface area contributed by atoms with Crippen LogP contribution in [0.25, 0.3) is 27.1 Å². The molecular formula is C23H24F3N5OS. The van der Waals surface area contributed by atoms with E-state index in [9.17, 15) is 18.0 Å². The molecule has 0 saturated carbocycles. The minimum atomic E-state index is -4.27. The summed E-state index contributed by atoms with van der Waals surface area (Å²) in [6, 6.07) is 3.83. The van der Waals surface area contributed by atoms with Crippen LogP contribution in [-0.2, 0) is 0 Å². The van der Waals surface area contributed by atoms with E-state index < -0.39 is 12.1 Å². The zero-order valence-electron chi connectivity index (χ0n) is 18.5. The number of H-pyrrole nitrogens is 1. The van der Waals surface area contributed by atoms with Gasteiger partial charge in [0.2, 0.25) is 0 Å². The molecule has 174 valence electrons. The summed E-state index contributed by atoms with van der Waals surface area (Å²) < 4.78 is 42.3. The number of fused-ring (bicyclic) bond motifs is 2. The number of amides is 1. The van der Waals surface area contributed by atoms with Gasteiger partial charge in [0.1, 0.15) is 6.33 Å². The molecule has 0 bridgehead atoms. The highest BCUT2D eigenvalue weighted by molar-refractivity contribution is 7.21. The SMILES string of the molecule is Cc1cc(-c2[nH]c3cc(C(=O)N4CCC[C@H](C(F)(F)F)C4)sc3c2C(C)C)cn2ncnc12. The van der Waals surface area contributed by atoms with Gasteiger partial charge in [0.15, 0.2) is 5.65 Å². The van der Waals surface area contributed by atoms with Gasteiger partial charge in [-0.3, -0.25) is 4.79 Å². The van der Waals surface area contributed by atoms with E-state index >= 15 is 0 Å². The molecule has 33 heavy (non-hydrogen) atoms. The standard InChI is InChI=1S/C23H24F3N5OS/c1-12(2)18-19(14-7-13(3)21-27-11-28-31(21)9-14)29-16-8-17(33-20(16)18)22(32)30-6-4-5-15(10-30)23(24,25)26/h7-9,11-12,15,29H,4-6,10H2,1-3H3/t15-/m0/s1. The van der Waals surface area contributed by atoms with Crippen LogP contribution in [0.4, 0.5) is 13.2 Å². The average Bonchev–Trinajstić information content (AvgIpc) is 3.46. The number of nitrogens with one attached hydrogen (secondary N) is 1. The second kappa shape index (κ2) is 7.86. The number of hydrogen-bond donors (Lipinski definition) is 1. The molecule has 5 heterocycles. The summed E-state index contributed by atoms with van der Waals surface area (Å²) in [6.07, 6.45) is -0.388. The number of rotatable bonds is 3. The van der Waals surface area contributed by atoms with Crippen molar-refractivity contribution in [2.24, 2.45) is 5.92 Å². The van der Waals surface area contributed by atoms with Crippen LogP contribution in [0.15, 0.2) is 24.7 Å². The molecule has 1 N–H and O–H groups in total. The number of carbonyl (C=O) groups is 1. The van der Waals surface area contributed by atoms with E-state index in [1.165, 1.54) is 22.6 Å². The van der Waals surface area contributed by atoms with Crippen LogP contribution >= 0.6 is 11.3 Å². The summed E-state index contributed by atoms with van der Waals surface area (Å²) in [5.74, 6) is -1.60. The zero-order chi connectivity index (χ0) is 23.5. The van der Waals surface area contributed by atoms with Gasteiger partial charge in [0.25, 0.3) is 5.91 Å². The highest BCUT2D eigenvalue weighted by Gasteiger charge is 2.43. The molecule has 0 aliphatic carbocycles. The minimum absolute atomic E-state index is 0.0783. The van der Waals surface area contributed by atoms with E-state index in [1.807, 2.05) is 13.1 Å². The molecule has 0 unspecified atom stereocenters. The van der Waals surface area contributed by atoms with Gasteiger partial charge >= 0.3 is 6.18 Å². The molecule has 0 spiro atoms. The highest BCUT2D eigenvalue weighted by Crippen LogP contribution is 2.41. The molecule has 4 aromatic rings. The summed E-state index contributed by atoms with van der Waals surface area (Å²) in [5, 5.41) is 4.26. The number of likely N-dealkylation sites (tertiary alicyclic amines) is 1. The fraction of sp³-hybridized carbons (Fsp3) is 0.435. The number of halogens is 3. The minimum Gasteiger partial charge on any atom is -0.354 e. The molecule has 1 amide bonds. The number of thiophene rings is 1. The van der Waals surface area contributed by atoms with Gasteiger partial charge in [0, 0.05) is 24.8 Å². The molecule has 0 radical (unpaired) electrons. The van der Waals surface area contributed by atoms with Crippen molar-refractivity contribution in [1.82, 2.24) is 24.5 Å². The third-order valence-corrected chi connectivity index (χ3v) is 7.47. The lowest BCUT2D eigenvalue weighted by Crippen LogP contribution is -2.44. The smallest absolute Gasteiger partial charge is 0.354 e. The molecule has 10 heteroatoms. The third kappa shape index (κ3) is 3.80. The lowest BCUT2D eigenvalue weighted by molar-refractivity contribution is -0.184. The van der Waals surface area contributed by atoms with Crippen molar-refractivity contribution >= 4 is 33.1 Å². The first-order valence-corrected chi connectivity index (χ1v) is 11.8. The summed E-state index contributed by atoms with van der Waals surface area (Å²) in [5.41, 5.74) is 5.63. The Morgan fingerprint density at radius 3 is 2.82 bits per heavy atom. The van der Waals surface area contributed by atoms with Crippen molar-refractivity contribution < 1.29 is 18.0 Å². The van der Waals surface area contributed by atoms with Gasteiger partial charge in [0.05, 0.1) is 26.7 Å². The van der Waals surface area contributed by atoms with E-state index in [-0.39, 0.29) is 24.8 Å². The molecule has 0 aromatic carbocycles. The van der Waals surface area contributed by atoms with Gasteiger partial charge in [-0.1, -0.05) is 13.8 Å². The number of aromatic amines is 1. The van der Waals surface area contributed by atoms with Crippen LogP contribution in [-0.4, -0.2) is 49.7 Å². The number of aromatic nitrogens is 4. The molecule has 6 nitrogen and oxygen atoms in total. The predicted octanol–water partition coefficient (Wildman–Crippen LogP) is 5.79. The fourth-order valence-corrected chi connectivity index (χ4v) is 5.98.